The van der Waals surface area contributed by atoms with Crippen molar-refractivity contribution >= 4 is 22.8 Å². The highest BCUT2D eigenvalue weighted by atomic mass is 16.3. The number of hydrogen-bond donors (Lipinski definition) is 1. The smallest absolute Gasteiger partial charge is 0.255 e. The third kappa shape index (κ3) is 3.09. The van der Waals surface area contributed by atoms with Crippen LogP contribution in [0.15, 0.2) is 28.9 Å². The lowest BCUT2D eigenvalue weighted by Crippen LogP contribution is -2.48. The van der Waals surface area contributed by atoms with Crippen molar-refractivity contribution in [3.63, 3.8) is 0 Å². The molecule has 1 aromatic carbocycles. The third-order valence-corrected chi connectivity index (χ3v) is 4.47. The predicted molar refractivity (Wildman–Crippen MR) is 88.4 cm³/mol. The normalized spacial score (nSPS) is 18.7. The van der Waals surface area contributed by atoms with Gasteiger partial charge >= 0.3 is 0 Å². The SMILES string of the molecule is CC(C)c1ccc2occ(C(=O)NC3CCC(=O)N(C)C3)c2c1. The van der Waals surface area contributed by atoms with Gasteiger partial charge in [-0.15, -0.1) is 0 Å². The number of piperidine rings is 1. The number of likely N-dealkylation sites (tertiary alicyclic amines) is 1. The van der Waals surface area contributed by atoms with Crippen LogP contribution >= 0.6 is 0 Å². The largest absolute Gasteiger partial charge is 0.463 e. The maximum atomic E-state index is 12.6. The van der Waals surface area contributed by atoms with E-state index < -0.39 is 0 Å². The van der Waals surface area contributed by atoms with Crippen molar-refractivity contribution in [3.8, 4) is 0 Å². The molecule has 23 heavy (non-hydrogen) atoms. The summed E-state index contributed by atoms with van der Waals surface area (Å²) in [7, 11) is 1.77. The van der Waals surface area contributed by atoms with Gasteiger partial charge in [0, 0.05) is 31.4 Å². The van der Waals surface area contributed by atoms with Crippen LogP contribution in [-0.4, -0.2) is 36.3 Å². The van der Waals surface area contributed by atoms with E-state index in [0.29, 0.717) is 30.9 Å². The molecule has 122 valence electrons. The molecule has 0 saturated carbocycles. The molecule has 5 nitrogen and oxygen atoms in total. The molecule has 1 saturated heterocycles. The van der Waals surface area contributed by atoms with Crippen LogP contribution in [0.3, 0.4) is 0 Å². The highest BCUT2D eigenvalue weighted by Gasteiger charge is 2.25. The quantitative estimate of drug-likeness (QED) is 0.947. The molecule has 0 bridgehead atoms. The predicted octanol–water partition coefficient (Wildman–Crippen LogP) is 2.91. The first-order valence-corrected chi connectivity index (χ1v) is 8.01. The zero-order valence-corrected chi connectivity index (χ0v) is 13.8. The number of carbonyl (C=O) groups is 2. The Hall–Kier alpha value is -2.30. The van der Waals surface area contributed by atoms with Gasteiger partial charge in [-0.05, 0) is 30.0 Å². The molecule has 1 aliphatic rings. The van der Waals surface area contributed by atoms with Gasteiger partial charge in [0.2, 0.25) is 5.91 Å². The van der Waals surface area contributed by atoms with Gasteiger partial charge < -0.3 is 14.6 Å². The molecule has 0 aliphatic carbocycles. The molecule has 1 aromatic heterocycles. The number of nitrogens with zero attached hydrogens (tertiary/aromatic N) is 1. The molecular weight excluding hydrogens is 292 g/mol. The minimum Gasteiger partial charge on any atom is -0.463 e. The molecular formula is C18H22N2O3. The highest BCUT2D eigenvalue weighted by Crippen LogP contribution is 2.26. The Morgan fingerprint density at radius 3 is 2.87 bits per heavy atom. The number of likely N-dealkylation sites (N-methyl/N-ethyl adjacent to an activating group) is 1. The molecule has 2 heterocycles. The first kappa shape index (κ1) is 15.6. The summed E-state index contributed by atoms with van der Waals surface area (Å²) in [4.78, 5) is 25.8. The fourth-order valence-corrected chi connectivity index (χ4v) is 2.97. The van der Waals surface area contributed by atoms with Gasteiger partial charge in [0.25, 0.3) is 5.91 Å². The standard InChI is InChI=1S/C18H22N2O3/c1-11(2)12-4-6-16-14(8-12)15(10-23-16)18(22)19-13-5-7-17(21)20(3)9-13/h4,6,8,10-11,13H,5,7,9H2,1-3H3,(H,19,22). The first-order chi connectivity index (χ1) is 11.0. The van der Waals surface area contributed by atoms with E-state index in [9.17, 15) is 9.59 Å². The topological polar surface area (TPSA) is 62.6 Å². The summed E-state index contributed by atoms with van der Waals surface area (Å²) in [5.41, 5.74) is 2.45. The van der Waals surface area contributed by atoms with E-state index in [1.54, 1.807) is 11.9 Å². The minimum absolute atomic E-state index is 0.0107. The second-order valence-corrected chi connectivity index (χ2v) is 6.54. The molecule has 1 aliphatic heterocycles. The van der Waals surface area contributed by atoms with Crippen LogP contribution in [0.2, 0.25) is 0 Å². The van der Waals surface area contributed by atoms with E-state index in [-0.39, 0.29) is 17.9 Å². The molecule has 0 spiro atoms. The van der Waals surface area contributed by atoms with Gasteiger partial charge in [-0.25, -0.2) is 0 Å². The Labute approximate surface area is 135 Å². The van der Waals surface area contributed by atoms with Crippen molar-refractivity contribution in [2.24, 2.45) is 0 Å². The number of rotatable bonds is 3. The van der Waals surface area contributed by atoms with Gasteiger partial charge in [0.15, 0.2) is 0 Å². The van der Waals surface area contributed by atoms with E-state index in [1.165, 1.54) is 11.8 Å². The third-order valence-electron chi connectivity index (χ3n) is 4.47. The van der Waals surface area contributed by atoms with Crippen molar-refractivity contribution < 1.29 is 14.0 Å². The molecule has 3 rings (SSSR count). The summed E-state index contributed by atoms with van der Waals surface area (Å²) in [6.45, 7) is 4.79. The highest BCUT2D eigenvalue weighted by molar-refractivity contribution is 6.06. The fraction of sp³-hybridized carbons (Fsp3) is 0.444. The van der Waals surface area contributed by atoms with Gasteiger partial charge in [-0.1, -0.05) is 19.9 Å². The summed E-state index contributed by atoms with van der Waals surface area (Å²) in [5.74, 6) is 0.381. The van der Waals surface area contributed by atoms with E-state index in [1.807, 2.05) is 18.2 Å². The zero-order valence-electron chi connectivity index (χ0n) is 13.8. The average molecular weight is 314 g/mol. The van der Waals surface area contributed by atoms with Gasteiger partial charge in [-0.3, -0.25) is 9.59 Å². The Kier molecular flexibility index (Phi) is 4.11. The number of furan rings is 1. The summed E-state index contributed by atoms with van der Waals surface area (Å²) < 4.78 is 5.51. The number of fused-ring (bicyclic) bond motifs is 1. The zero-order chi connectivity index (χ0) is 16.6. The Balaban J connectivity index is 1.81. The van der Waals surface area contributed by atoms with Crippen LogP contribution in [0, 0.1) is 0 Å². The summed E-state index contributed by atoms with van der Waals surface area (Å²) >= 11 is 0. The summed E-state index contributed by atoms with van der Waals surface area (Å²) in [6, 6.07) is 5.95. The van der Waals surface area contributed by atoms with Crippen molar-refractivity contribution in [3.05, 3.63) is 35.6 Å². The maximum absolute atomic E-state index is 12.6. The van der Waals surface area contributed by atoms with Crippen LogP contribution < -0.4 is 5.32 Å². The maximum Gasteiger partial charge on any atom is 0.255 e. The van der Waals surface area contributed by atoms with Crippen molar-refractivity contribution in [1.82, 2.24) is 10.2 Å². The van der Waals surface area contributed by atoms with Crippen LogP contribution in [0.25, 0.3) is 11.0 Å². The lowest BCUT2D eigenvalue weighted by molar-refractivity contribution is -0.132. The molecule has 1 unspecified atom stereocenters. The summed E-state index contributed by atoms with van der Waals surface area (Å²) in [6.07, 6.45) is 2.68. The lowest BCUT2D eigenvalue weighted by atomic mass is 10.00. The van der Waals surface area contributed by atoms with Crippen LogP contribution in [0.1, 0.15) is 48.5 Å². The fourth-order valence-electron chi connectivity index (χ4n) is 2.97. The molecule has 0 radical (unpaired) electrons. The monoisotopic (exact) mass is 314 g/mol. The van der Waals surface area contributed by atoms with Gasteiger partial charge in [-0.2, -0.15) is 0 Å². The Morgan fingerprint density at radius 2 is 2.17 bits per heavy atom. The average Bonchev–Trinajstić information content (AvgIpc) is 2.94. The molecule has 2 aromatic rings. The van der Waals surface area contributed by atoms with E-state index in [2.05, 4.69) is 19.2 Å². The minimum atomic E-state index is -0.141. The van der Waals surface area contributed by atoms with E-state index >= 15 is 0 Å². The molecule has 1 atom stereocenters. The molecule has 2 amide bonds. The van der Waals surface area contributed by atoms with Crippen molar-refractivity contribution in [1.29, 1.82) is 0 Å². The number of carbonyl (C=O) groups excluding carboxylic acids is 2. The summed E-state index contributed by atoms with van der Waals surface area (Å²) in [5, 5.41) is 3.86. The van der Waals surface area contributed by atoms with Crippen LogP contribution in [0.5, 0.6) is 0 Å². The van der Waals surface area contributed by atoms with Gasteiger partial charge in [0.05, 0.1) is 5.56 Å². The molecule has 1 fully saturated rings. The van der Waals surface area contributed by atoms with Crippen LogP contribution in [0.4, 0.5) is 0 Å². The number of hydrogen-bond acceptors (Lipinski definition) is 3. The number of benzene rings is 1. The van der Waals surface area contributed by atoms with Crippen LogP contribution in [-0.2, 0) is 4.79 Å². The number of amides is 2. The van der Waals surface area contributed by atoms with E-state index in [0.717, 1.165) is 11.0 Å². The second-order valence-electron chi connectivity index (χ2n) is 6.54. The Morgan fingerprint density at radius 1 is 1.39 bits per heavy atom. The second kappa shape index (κ2) is 6.07. The number of nitrogens with one attached hydrogen (secondary N) is 1. The van der Waals surface area contributed by atoms with Crippen molar-refractivity contribution in [2.45, 2.75) is 38.6 Å². The van der Waals surface area contributed by atoms with E-state index in [4.69, 9.17) is 4.42 Å². The first-order valence-electron chi connectivity index (χ1n) is 8.01. The van der Waals surface area contributed by atoms with Gasteiger partial charge in [0.1, 0.15) is 11.8 Å². The Bertz CT molecular complexity index is 748. The van der Waals surface area contributed by atoms with Crippen molar-refractivity contribution in [2.75, 3.05) is 13.6 Å². The molecule has 5 heteroatoms. The lowest BCUT2D eigenvalue weighted by Gasteiger charge is -2.30. The molecule has 1 N–H and O–H groups in total.